The first-order valence-electron chi connectivity index (χ1n) is 4.75. The number of hydrogen-bond acceptors (Lipinski definition) is 3. The maximum atomic E-state index is 11.4. The van der Waals surface area contributed by atoms with Gasteiger partial charge in [0.1, 0.15) is 0 Å². The second-order valence-corrected chi connectivity index (χ2v) is 3.59. The number of nitrogens with one attached hydrogen (secondary N) is 1. The first-order chi connectivity index (χ1) is 7.75. The summed E-state index contributed by atoms with van der Waals surface area (Å²) in [7, 11) is 0. The van der Waals surface area contributed by atoms with Gasteiger partial charge >= 0.3 is 0 Å². The van der Waals surface area contributed by atoms with Gasteiger partial charge < -0.3 is 9.73 Å². The van der Waals surface area contributed by atoms with Gasteiger partial charge in [-0.25, -0.2) is 0 Å². The predicted molar refractivity (Wildman–Crippen MR) is 58.3 cm³/mol. The first-order valence-corrected chi connectivity index (χ1v) is 5.13. The molecule has 2 rings (SSSR count). The Hall–Kier alpha value is -1.75. The molecule has 0 aliphatic rings. The third-order valence-corrected chi connectivity index (χ3v) is 2.17. The third kappa shape index (κ3) is 2.64. The highest BCUT2D eigenvalue weighted by atomic mass is 35.5. The normalized spacial score (nSPS) is 10.3. The van der Waals surface area contributed by atoms with Gasteiger partial charge in [0.25, 0.3) is 5.91 Å². The average Bonchev–Trinajstić information content (AvgIpc) is 2.89. The van der Waals surface area contributed by atoms with E-state index in [4.69, 9.17) is 16.0 Å². The molecule has 0 saturated heterocycles. The van der Waals surface area contributed by atoms with Crippen molar-refractivity contribution in [3.05, 3.63) is 41.6 Å². The van der Waals surface area contributed by atoms with E-state index < -0.39 is 0 Å². The molecule has 0 spiro atoms. The fraction of sp³-hybridized carbons (Fsp3) is 0.200. The van der Waals surface area contributed by atoms with Crippen molar-refractivity contribution >= 4 is 17.5 Å². The van der Waals surface area contributed by atoms with Crippen molar-refractivity contribution in [3.8, 4) is 0 Å². The van der Waals surface area contributed by atoms with Gasteiger partial charge in [0.15, 0.2) is 5.76 Å². The van der Waals surface area contributed by atoms with Crippen LogP contribution in [0.2, 0.25) is 5.02 Å². The summed E-state index contributed by atoms with van der Waals surface area (Å²) >= 11 is 5.70. The Labute approximate surface area is 97.0 Å². The minimum atomic E-state index is -0.233. The van der Waals surface area contributed by atoms with Crippen molar-refractivity contribution in [2.75, 3.05) is 6.54 Å². The molecule has 5 nitrogen and oxygen atoms in total. The van der Waals surface area contributed by atoms with Gasteiger partial charge in [-0.05, 0) is 12.1 Å². The lowest BCUT2D eigenvalue weighted by Gasteiger charge is -2.02. The molecule has 6 heteroatoms. The summed E-state index contributed by atoms with van der Waals surface area (Å²) in [5, 5.41) is 7.27. The molecular formula is C10H10ClN3O2. The average molecular weight is 240 g/mol. The lowest BCUT2D eigenvalue weighted by Crippen LogP contribution is -2.26. The largest absolute Gasteiger partial charge is 0.459 e. The molecule has 0 saturated carbocycles. The van der Waals surface area contributed by atoms with Crippen molar-refractivity contribution < 1.29 is 9.21 Å². The lowest BCUT2D eigenvalue weighted by atomic mass is 10.4. The molecule has 0 unspecified atom stereocenters. The van der Waals surface area contributed by atoms with Crippen molar-refractivity contribution in [1.82, 2.24) is 15.1 Å². The monoisotopic (exact) mass is 239 g/mol. The summed E-state index contributed by atoms with van der Waals surface area (Å²) in [6.45, 7) is 1.04. The van der Waals surface area contributed by atoms with Crippen LogP contribution in [0.15, 0.2) is 35.2 Å². The minimum Gasteiger partial charge on any atom is -0.459 e. The van der Waals surface area contributed by atoms with Crippen LogP contribution in [0, 0.1) is 0 Å². The van der Waals surface area contributed by atoms with E-state index >= 15 is 0 Å². The van der Waals surface area contributed by atoms with Crippen LogP contribution in [0.3, 0.4) is 0 Å². The third-order valence-electron chi connectivity index (χ3n) is 1.97. The Balaban J connectivity index is 1.78. The molecule has 1 amide bonds. The molecule has 0 atom stereocenters. The molecule has 0 fully saturated rings. The smallest absolute Gasteiger partial charge is 0.287 e. The van der Waals surface area contributed by atoms with Crippen molar-refractivity contribution in [2.24, 2.45) is 0 Å². The van der Waals surface area contributed by atoms with Crippen LogP contribution >= 0.6 is 11.6 Å². The highest BCUT2D eigenvalue weighted by molar-refractivity contribution is 6.30. The van der Waals surface area contributed by atoms with E-state index in [0.29, 0.717) is 23.9 Å². The van der Waals surface area contributed by atoms with Gasteiger partial charge in [-0.15, -0.1) is 0 Å². The quantitative estimate of drug-likeness (QED) is 0.881. The summed E-state index contributed by atoms with van der Waals surface area (Å²) in [5.74, 6) is 0.0711. The number of furan rings is 1. The number of nitrogens with zero attached hydrogens (tertiary/aromatic N) is 2. The Kier molecular flexibility index (Phi) is 3.26. The molecule has 2 aromatic heterocycles. The Morgan fingerprint density at radius 1 is 1.62 bits per heavy atom. The number of carbonyl (C=O) groups excluding carboxylic acids is 1. The number of carbonyl (C=O) groups is 1. The minimum absolute atomic E-state index is 0.233. The molecule has 1 N–H and O–H groups in total. The van der Waals surface area contributed by atoms with Gasteiger partial charge in [0.2, 0.25) is 0 Å². The van der Waals surface area contributed by atoms with Crippen molar-refractivity contribution in [3.63, 3.8) is 0 Å². The summed E-state index contributed by atoms with van der Waals surface area (Å²) in [6.07, 6.45) is 4.71. The van der Waals surface area contributed by atoms with E-state index in [0.717, 1.165) is 0 Å². The van der Waals surface area contributed by atoms with Gasteiger partial charge in [0, 0.05) is 12.7 Å². The van der Waals surface area contributed by atoms with Crippen LogP contribution in [0.5, 0.6) is 0 Å². The van der Waals surface area contributed by atoms with E-state index in [2.05, 4.69) is 10.4 Å². The zero-order valence-electron chi connectivity index (χ0n) is 8.39. The number of aromatic nitrogens is 2. The Morgan fingerprint density at radius 3 is 3.12 bits per heavy atom. The molecule has 0 radical (unpaired) electrons. The number of halogens is 1. The molecule has 0 aromatic carbocycles. The molecule has 84 valence electrons. The van der Waals surface area contributed by atoms with Crippen LogP contribution < -0.4 is 5.32 Å². The highest BCUT2D eigenvalue weighted by Crippen LogP contribution is 2.04. The number of hydrogen-bond donors (Lipinski definition) is 1. The fourth-order valence-electron chi connectivity index (χ4n) is 1.24. The van der Waals surface area contributed by atoms with E-state index in [1.54, 1.807) is 29.2 Å². The van der Waals surface area contributed by atoms with Crippen LogP contribution in [0.1, 0.15) is 10.6 Å². The van der Waals surface area contributed by atoms with Gasteiger partial charge in [-0.3, -0.25) is 9.48 Å². The van der Waals surface area contributed by atoms with E-state index in [1.165, 1.54) is 6.26 Å². The topological polar surface area (TPSA) is 60.1 Å². The molecular weight excluding hydrogens is 230 g/mol. The lowest BCUT2D eigenvalue weighted by molar-refractivity contribution is 0.0924. The standard InChI is InChI=1S/C10H10ClN3O2/c11-8-6-13-14(7-8)4-3-12-10(15)9-2-1-5-16-9/h1-2,5-7H,3-4H2,(H,12,15). The van der Waals surface area contributed by atoms with E-state index in [9.17, 15) is 4.79 Å². The molecule has 2 aromatic rings. The maximum Gasteiger partial charge on any atom is 0.287 e. The zero-order chi connectivity index (χ0) is 11.4. The van der Waals surface area contributed by atoms with Gasteiger partial charge in [0.05, 0.1) is 24.0 Å². The highest BCUT2D eigenvalue weighted by Gasteiger charge is 2.06. The maximum absolute atomic E-state index is 11.4. The Bertz CT molecular complexity index is 464. The van der Waals surface area contributed by atoms with Crippen LogP contribution in [0.4, 0.5) is 0 Å². The van der Waals surface area contributed by atoms with Gasteiger partial charge in [-0.1, -0.05) is 11.6 Å². The van der Waals surface area contributed by atoms with Gasteiger partial charge in [-0.2, -0.15) is 5.10 Å². The van der Waals surface area contributed by atoms with Crippen LogP contribution in [-0.2, 0) is 6.54 Å². The Morgan fingerprint density at radius 2 is 2.50 bits per heavy atom. The fourth-order valence-corrected chi connectivity index (χ4v) is 1.40. The summed E-state index contributed by atoms with van der Waals surface area (Å²) < 4.78 is 6.60. The number of amides is 1. The molecule has 0 bridgehead atoms. The summed E-state index contributed by atoms with van der Waals surface area (Å²) in [5.41, 5.74) is 0. The predicted octanol–water partition coefficient (Wildman–Crippen LogP) is 1.56. The molecule has 0 aliphatic carbocycles. The van der Waals surface area contributed by atoms with Crippen molar-refractivity contribution in [1.29, 1.82) is 0 Å². The second kappa shape index (κ2) is 4.85. The molecule has 2 heterocycles. The molecule has 0 aliphatic heterocycles. The second-order valence-electron chi connectivity index (χ2n) is 3.15. The summed E-state index contributed by atoms with van der Waals surface area (Å²) in [4.78, 5) is 11.4. The van der Waals surface area contributed by atoms with Crippen LogP contribution in [-0.4, -0.2) is 22.2 Å². The SMILES string of the molecule is O=C(NCCn1cc(Cl)cn1)c1ccco1. The number of rotatable bonds is 4. The van der Waals surface area contributed by atoms with E-state index in [-0.39, 0.29) is 5.91 Å². The summed E-state index contributed by atoms with van der Waals surface area (Å²) in [6, 6.07) is 3.28. The zero-order valence-corrected chi connectivity index (χ0v) is 9.15. The molecule has 16 heavy (non-hydrogen) atoms. The first kappa shape index (κ1) is 10.8. The van der Waals surface area contributed by atoms with E-state index in [1.807, 2.05) is 0 Å². The van der Waals surface area contributed by atoms with Crippen molar-refractivity contribution in [2.45, 2.75) is 6.54 Å². The van der Waals surface area contributed by atoms with Crippen LogP contribution in [0.25, 0.3) is 0 Å².